The highest BCUT2D eigenvalue weighted by molar-refractivity contribution is 5.96. The molecule has 1 aliphatic rings. The summed E-state index contributed by atoms with van der Waals surface area (Å²) in [6, 6.07) is 24.7. The molecule has 2 amide bonds. The molecule has 1 aromatic heterocycles. The summed E-state index contributed by atoms with van der Waals surface area (Å²) in [5.74, 6) is 0.113. The molecular formula is C29H31ClN4O3. The molecule has 1 fully saturated rings. The number of carbonyl (C=O) groups excluding carboxylic acids is 2. The molecule has 0 radical (unpaired) electrons. The van der Waals surface area contributed by atoms with E-state index in [9.17, 15) is 9.59 Å². The fraction of sp³-hybridized carbons (Fsp3) is 0.241. The predicted molar refractivity (Wildman–Crippen MR) is 148 cm³/mol. The molecule has 4 aromatic rings. The van der Waals surface area contributed by atoms with Gasteiger partial charge < -0.3 is 26.1 Å². The Morgan fingerprint density at radius 1 is 1.00 bits per heavy atom. The van der Waals surface area contributed by atoms with Crippen LogP contribution in [0, 0.1) is 0 Å². The van der Waals surface area contributed by atoms with Gasteiger partial charge in [0.2, 0.25) is 5.91 Å². The molecule has 3 aromatic carbocycles. The number of hydrogen-bond acceptors (Lipinski definition) is 4. The number of carbonyl (C=O) groups is 2. The summed E-state index contributed by atoms with van der Waals surface area (Å²) in [4.78, 5) is 29.1. The maximum Gasteiger partial charge on any atom is 0.408 e. The number of anilines is 1. The van der Waals surface area contributed by atoms with Gasteiger partial charge in [-0.25, -0.2) is 4.79 Å². The van der Waals surface area contributed by atoms with Gasteiger partial charge in [0.25, 0.3) is 0 Å². The molecule has 7 nitrogen and oxygen atoms in total. The zero-order valence-corrected chi connectivity index (χ0v) is 21.2. The molecule has 0 aliphatic heterocycles. The molecule has 3 atom stereocenters. The molecule has 5 rings (SSSR count). The summed E-state index contributed by atoms with van der Waals surface area (Å²) in [5, 5.41) is 6.81. The first kappa shape index (κ1) is 26.3. The number of aromatic nitrogens is 1. The predicted octanol–water partition coefficient (Wildman–Crippen LogP) is 5.27. The van der Waals surface area contributed by atoms with E-state index in [0.717, 1.165) is 28.5 Å². The summed E-state index contributed by atoms with van der Waals surface area (Å²) in [6.45, 7) is 0.133. The number of amides is 2. The normalized spacial score (nSPS) is 16.9. The summed E-state index contributed by atoms with van der Waals surface area (Å²) in [5.41, 5.74) is 10.8. The molecule has 1 unspecified atom stereocenters. The van der Waals surface area contributed by atoms with Gasteiger partial charge >= 0.3 is 6.09 Å². The minimum absolute atomic E-state index is 0. The average molecular weight is 519 g/mol. The second kappa shape index (κ2) is 12.0. The summed E-state index contributed by atoms with van der Waals surface area (Å²) in [7, 11) is 0. The molecule has 1 aliphatic carbocycles. The van der Waals surface area contributed by atoms with Crippen LogP contribution in [0.5, 0.6) is 0 Å². The van der Waals surface area contributed by atoms with Crippen molar-refractivity contribution in [3.05, 3.63) is 102 Å². The first-order valence-corrected chi connectivity index (χ1v) is 12.3. The molecule has 37 heavy (non-hydrogen) atoms. The Bertz CT molecular complexity index is 1340. The van der Waals surface area contributed by atoms with Gasteiger partial charge in [-0.3, -0.25) is 4.79 Å². The minimum Gasteiger partial charge on any atom is -0.445 e. The van der Waals surface area contributed by atoms with Gasteiger partial charge in [0.1, 0.15) is 12.6 Å². The summed E-state index contributed by atoms with van der Waals surface area (Å²) in [6.07, 6.45) is 3.35. The lowest BCUT2D eigenvalue weighted by Gasteiger charge is -2.18. The van der Waals surface area contributed by atoms with E-state index in [2.05, 4.69) is 15.6 Å². The van der Waals surface area contributed by atoms with E-state index < -0.39 is 12.1 Å². The van der Waals surface area contributed by atoms with Gasteiger partial charge in [-0.15, -0.1) is 12.4 Å². The number of hydrogen-bond donors (Lipinski definition) is 4. The largest absolute Gasteiger partial charge is 0.445 e. The van der Waals surface area contributed by atoms with Crippen LogP contribution in [0.1, 0.15) is 35.4 Å². The van der Waals surface area contributed by atoms with Gasteiger partial charge in [0.15, 0.2) is 0 Å². The van der Waals surface area contributed by atoms with Crippen molar-refractivity contribution >= 4 is 41.0 Å². The SMILES string of the molecule is Cl.N[C@@H]1C[C@H]1c1ccc(NC(=O)C(CCc2c[nH]c3ccccc23)NC(=O)OCc2ccccc2)cc1. The van der Waals surface area contributed by atoms with Gasteiger partial charge in [-0.1, -0.05) is 60.7 Å². The highest BCUT2D eigenvalue weighted by atomic mass is 35.5. The lowest BCUT2D eigenvalue weighted by atomic mass is 10.0. The van der Waals surface area contributed by atoms with Crippen LogP contribution in [0.4, 0.5) is 10.5 Å². The fourth-order valence-electron chi connectivity index (χ4n) is 4.46. The van der Waals surface area contributed by atoms with Gasteiger partial charge in [0, 0.05) is 34.7 Å². The fourth-order valence-corrected chi connectivity index (χ4v) is 4.46. The second-order valence-corrected chi connectivity index (χ2v) is 9.27. The van der Waals surface area contributed by atoms with Crippen molar-refractivity contribution in [1.82, 2.24) is 10.3 Å². The Balaban J connectivity index is 0.00000320. The Morgan fingerprint density at radius 2 is 1.70 bits per heavy atom. The third-order valence-electron chi connectivity index (χ3n) is 6.64. The molecule has 5 N–H and O–H groups in total. The molecule has 192 valence electrons. The number of nitrogens with one attached hydrogen (secondary N) is 3. The molecule has 0 bridgehead atoms. The number of para-hydroxylation sites is 1. The highest BCUT2D eigenvalue weighted by Crippen LogP contribution is 2.39. The lowest BCUT2D eigenvalue weighted by molar-refractivity contribution is -0.118. The standard InChI is InChI=1S/C29H30N4O3.ClH/c30-25-16-24(25)20-10-13-22(14-11-20)32-28(34)27(33-29(35)36-18-19-6-2-1-3-7-19)15-12-21-17-31-26-9-5-4-8-23(21)26;/h1-11,13-14,17,24-25,27,31H,12,15-16,18,30H2,(H,32,34)(H,33,35);1H/t24-,25+,27?;/m0./s1. The Morgan fingerprint density at radius 3 is 2.43 bits per heavy atom. The number of H-pyrrole nitrogens is 1. The first-order valence-electron chi connectivity index (χ1n) is 12.3. The maximum absolute atomic E-state index is 13.2. The van der Waals surface area contributed by atoms with Crippen LogP contribution in [-0.4, -0.2) is 29.1 Å². The molecule has 1 heterocycles. The van der Waals surface area contributed by atoms with Crippen LogP contribution < -0.4 is 16.4 Å². The Hall–Kier alpha value is -3.81. The van der Waals surface area contributed by atoms with E-state index in [0.29, 0.717) is 24.4 Å². The molecule has 1 saturated carbocycles. The highest BCUT2D eigenvalue weighted by Gasteiger charge is 2.34. The van der Waals surface area contributed by atoms with Gasteiger partial charge in [0.05, 0.1) is 0 Å². The number of aryl methyl sites for hydroxylation is 1. The average Bonchev–Trinajstić information content (AvgIpc) is 3.49. The van der Waals surface area contributed by atoms with E-state index in [-0.39, 0.29) is 31.0 Å². The van der Waals surface area contributed by atoms with E-state index in [1.807, 2.05) is 85.1 Å². The number of halogens is 1. The van der Waals surface area contributed by atoms with Crippen molar-refractivity contribution in [2.45, 2.75) is 43.9 Å². The summed E-state index contributed by atoms with van der Waals surface area (Å²) < 4.78 is 5.38. The zero-order valence-electron chi connectivity index (χ0n) is 20.4. The third-order valence-corrected chi connectivity index (χ3v) is 6.64. The maximum atomic E-state index is 13.2. The Kier molecular flexibility index (Phi) is 8.48. The van der Waals surface area contributed by atoms with Crippen LogP contribution in [-0.2, 0) is 22.6 Å². The van der Waals surface area contributed by atoms with Crippen LogP contribution in [0.15, 0.2) is 85.1 Å². The summed E-state index contributed by atoms with van der Waals surface area (Å²) >= 11 is 0. The van der Waals surface area contributed by atoms with E-state index in [4.69, 9.17) is 10.5 Å². The van der Waals surface area contributed by atoms with E-state index >= 15 is 0 Å². The van der Waals surface area contributed by atoms with Crippen LogP contribution in [0.3, 0.4) is 0 Å². The number of fused-ring (bicyclic) bond motifs is 1. The van der Waals surface area contributed by atoms with E-state index in [1.54, 1.807) is 0 Å². The topological polar surface area (TPSA) is 109 Å². The van der Waals surface area contributed by atoms with Crippen molar-refractivity contribution in [2.75, 3.05) is 5.32 Å². The monoisotopic (exact) mass is 518 g/mol. The van der Waals surface area contributed by atoms with Gasteiger partial charge in [-0.05, 0) is 54.2 Å². The van der Waals surface area contributed by atoms with Crippen LogP contribution >= 0.6 is 12.4 Å². The van der Waals surface area contributed by atoms with Crippen molar-refractivity contribution in [1.29, 1.82) is 0 Å². The smallest absolute Gasteiger partial charge is 0.408 e. The Labute approximate surface area is 222 Å². The van der Waals surface area contributed by atoms with Crippen molar-refractivity contribution in [2.24, 2.45) is 5.73 Å². The minimum atomic E-state index is -0.765. The van der Waals surface area contributed by atoms with E-state index in [1.165, 1.54) is 5.56 Å². The number of alkyl carbamates (subject to hydrolysis) is 1. The number of nitrogens with two attached hydrogens (primary N) is 1. The van der Waals surface area contributed by atoms with Crippen LogP contribution in [0.2, 0.25) is 0 Å². The quantitative estimate of drug-likeness (QED) is 0.242. The molecule has 8 heteroatoms. The number of aromatic amines is 1. The van der Waals surface area contributed by atoms with Crippen molar-refractivity contribution in [3.63, 3.8) is 0 Å². The second-order valence-electron chi connectivity index (χ2n) is 9.27. The lowest BCUT2D eigenvalue weighted by Crippen LogP contribution is -2.44. The number of ether oxygens (including phenoxy) is 1. The zero-order chi connectivity index (χ0) is 24.9. The molecule has 0 saturated heterocycles. The van der Waals surface area contributed by atoms with Crippen molar-refractivity contribution < 1.29 is 14.3 Å². The van der Waals surface area contributed by atoms with Crippen molar-refractivity contribution in [3.8, 4) is 0 Å². The molecule has 0 spiro atoms. The van der Waals surface area contributed by atoms with Crippen LogP contribution in [0.25, 0.3) is 10.9 Å². The number of benzene rings is 3. The number of rotatable bonds is 9. The third kappa shape index (κ3) is 6.70. The molecular weight excluding hydrogens is 488 g/mol. The first-order chi connectivity index (χ1) is 17.6. The van der Waals surface area contributed by atoms with Gasteiger partial charge in [-0.2, -0.15) is 0 Å².